The van der Waals surface area contributed by atoms with Gasteiger partial charge in [-0.1, -0.05) is 36.3 Å². The lowest BCUT2D eigenvalue weighted by Gasteiger charge is -2.16. The van der Waals surface area contributed by atoms with E-state index in [9.17, 15) is 9.59 Å². The van der Waals surface area contributed by atoms with Crippen LogP contribution in [0.5, 0.6) is 0 Å². The predicted octanol–water partition coefficient (Wildman–Crippen LogP) is 1.22. The average Bonchev–Trinajstić information content (AvgIpc) is 2.85. The molecule has 1 aliphatic rings. The van der Waals surface area contributed by atoms with E-state index in [0.29, 0.717) is 19.5 Å². The number of likely N-dealkylation sites (tertiary alicyclic amines) is 1. The van der Waals surface area contributed by atoms with Crippen molar-refractivity contribution in [3.8, 4) is 11.8 Å². The molecule has 1 fully saturated rings. The first-order valence-electron chi connectivity index (χ1n) is 7.21. The average molecular weight is 284 g/mol. The van der Waals surface area contributed by atoms with Crippen molar-refractivity contribution in [2.24, 2.45) is 5.92 Å². The van der Waals surface area contributed by atoms with Gasteiger partial charge in [0.1, 0.15) is 0 Å². The van der Waals surface area contributed by atoms with Gasteiger partial charge in [0, 0.05) is 32.0 Å². The SMILES string of the molecule is CC#CC(=O)NCC1CC(=O)N(CCc2ccccc2)C1. The maximum Gasteiger partial charge on any atom is 0.295 e. The molecule has 2 rings (SSSR count). The van der Waals surface area contributed by atoms with Crippen molar-refractivity contribution in [2.75, 3.05) is 19.6 Å². The van der Waals surface area contributed by atoms with Crippen LogP contribution in [0.2, 0.25) is 0 Å². The van der Waals surface area contributed by atoms with E-state index in [2.05, 4.69) is 29.3 Å². The molecule has 0 aromatic heterocycles. The third kappa shape index (κ3) is 4.64. The number of carbonyl (C=O) groups is 2. The lowest BCUT2D eigenvalue weighted by molar-refractivity contribution is -0.127. The Labute approximate surface area is 125 Å². The zero-order valence-corrected chi connectivity index (χ0v) is 12.3. The topological polar surface area (TPSA) is 49.4 Å². The fourth-order valence-electron chi connectivity index (χ4n) is 2.51. The fourth-order valence-corrected chi connectivity index (χ4v) is 2.51. The molecular formula is C17H20N2O2. The smallest absolute Gasteiger partial charge is 0.295 e. The van der Waals surface area contributed by atoms with Crippen LogP contribution in [0.15, 0.2) is 30.3 Å². The highest BCUT2D eigenvalue weighted by atomic mass is 16.2. The minimum Gasteiger partial charge on any atom is -0.345 e. The molecule has 1 heterocycles. The lowest BCUT2D eigenvalue weighted by Crippen LogP contribution is -2.31. The van der Waals surface area contributed by atoms with Crippen LogP contribution in [0.3, 0.4) is 0 Å². The first-order chi connectivity index (χ1) is 10.2. The van der Waals surface area contributed by atoms with E-state index in [1.807, 2.05) is 23.1 Å². The van der Waals surface area contributed by atoms with Crippen LogP contribution < -0.4 is 5.32 Å². The van der Waals surface area contributed by atoms with Crippen molar-refractivity contribution in [1.82, 2.24) is 10.2 Å². The van der Waals surface area contributed by atoms with Crippen LogP contribution in [0.25, 0.3) is 0 Å². The van der Waals surface area contributed by atoms with Gasteiger partial charge >= 0.3 is 0 Å². The van der Waals surface area contributed by atoms with Crippen molar-refractivity contribution in [1.29, 1.82) is 0 Å². The monoisotopic (exact) mass is 284 g/mol. The lowest BCUT2D eigenvalue weighted by atomic mass is 10.1. The second-order valence-electron chi connectivity index (χ2n) is 5.23. The van der Waals surface area contributed by atoms with Gasteiger partial charge in [-0.25, -0.2) is 0 Å². The van der Waals surface area contributed by atoms with Gasteiger partial charge in [0.2, 0.25) is 5.91 Å². The fraction of sp³-hybridized carbons (Fsp3) is 0.412. The normalized spacial score (nSPS) is 17.3. The summed E-state index contributed by atoms with van der Waals surface area (Å²) in [6.45, 7) is 3.60. The number of rotatable bonds is 5. The molecule has 0 radical (unpaired) electrons. The standard InChI is InChI=1S/C17H20N2O2/c1-2-6-16(20)18-12-15-11-17(21)19(13-15)10-9-14-7-4-3-5-8-14/h3-5,7-8,15H,9-13H2,1H3,(H,18,20). The highest BCUT2D eigenvalue weighted by Gasteiger charge is 2.29. The van der Waals surface area contributed by atoms with Crippen molar-refractivity contribution in [3.05, 3.63) is 35.9 Å². The third-order valence-electron chi connectivity index (χ3n) is 3.60. The summed E-state index contributed by atoms with van der Waals surface area (Å²) < 4.78 is 0. The van der Waals surface area contributed by atoms with Gasteiger partial charge in [0.15, 0.2) is 0 Å². The molecule has 4 nitrogen and oxygen atoms in total. The molecule has 4 heteroatoms. The predicted molar refractivity (Wildman–Crippen MR) is 81.3 cm³/mol. The Kier molecular flexibility index (Phi) is 5.39. The maximum absolute atomic E-state index is 12.0. The van der Waals surface area contributed by atoms with E-state index >= 15 is 0 Å². The Morgan fingerprint density at radius 3 is 2.86 bits per heavy atom. The summed E-state index contributed by atoms with van der Waals surface area (Å²) in [5.41, 5.74) is 1.24. The number of hydrogen-bond donors (Lipinski definition) is 1. The van der Waals surface area contributed by atoms with Crippen LogP contribution >= 0.6 is 0 Å². The van der Waals surface area contributed by atoms with E-state index < -0.39 is 0 Å². The molecule has 1 aromatic carbocycles. The molecule has 1 unspecified atom stereocenters. The minimum atomic E-state index is -0.271. The van der Waals surface area contributed by atoms with Gasteiger partial charge < -0.3 is 10.2 Å². The second kappa shape index (κ2) is 7.49. The minimum absolute atomic E-state index is 0.173. The zero-order chi connectivity index (χ0) is 15.1. The molecular weight excluding hydrogens is 264 g/mol. The Bertz CT molecular complexity index is 557. The quantitative estimate of drug-likeness (QED) is 0.827. The molecule has 0 aliphatic carbocycles. The molecule has 1 aliphatic heterocycles. The number of benzene rings is 1. The van der Waals surface area contributed by atoms with Gasteiger partial charge in [-0.05, 0) is 24.8 Å². The van der Waals surface area contributed by atoms with Crippen LogP contribution in [-0.4, -0.2) is 36.3 Å². The number of hydrogen-bond acceptors (Lipinski definition) is 2. The maximum atomic E-state index is 12.0. The van der Waals surface area contributed by atoms with E-state index in [0.717, 1.165) is 13.0 Å². The number of nitrogens with zero attached hydrogens (tertiary/aromatic N) is 1. The largest absolute Gasteiger partial charge is 0.345 e. The van der Waals surface area contributed by atoms with Crippen LogP contribution in [0.4, 0.5) is 0 Å². The summed E-state index contributed by atoms with van der Waals surface area (Å²) in [7, 11) is 0. The summed E-state index contributed by atoms with van der Waals surface area (Å²) in [4.78, 5) is 25.1. The molecule has 1 atom stereocenters. The molecule has 2 amide bonds. The summed E-state index contributed by atoms with van der Waals surface area (Å²) in [5, 5.41) is 2.75. The molecule has 0 bridgehead atoms. The number of carbonyl (C=O) groups excluding carboxylic acids is 2. The van der Waals surface area contributed by atoms with Crippen molar-refractivity contribution in [3.63, 3.8) is 0 Å². The molecule has 0 saturated carbocycles. The highest BCUT2D eigenvalue weighted by molar-refractivity contribution is 5.93. The van der Waals surface area contributed by atoms with E-state index in [-0.39, 0.29) is 17.7 Å². The highest BCUT2D eigenvalue weighted by Crippen LogP contribution is 2.17. The summed E-state index contributed by atoms with van der Waals surface area (Å²) in [6.07, 6.45) is 1.38. The molecule has 1 N–H and O–H groups in total. The molecule has 0 spiro atoms. The first kappa shape index (κ1) is 15.1. The summed E-state index contributed by atoms with van der Waals surface area (Å²) >= 11 is 0. The van der Waals surface area contributed by atoms with E-state index in [1.165, 1.54) is 5.56 Å². The molecule has 21 heavy (non-hydrogen) atoms. The Morgan fingerprint density at radius 1 is 1.38 bits per heavy atom. The number of nitrogens with one attached hydrogen (secondary N) is 1. The first-order valence-corrected chi connectivity index (χ1v) is 7.21. The number of amides is 2. The van der Waals surface area contributed by atoms with Crippen LogP contribution in [0, 0.1) is 17.8 Å². The van der Waals surface area contributed by atoms with E-state index in [1.54, 1.807) is 6.92 Å². The van der Waals surface area contributed by atoms with Gasteiger partial charge in [-0.3, -0.25) is 9.59 Å². The molecule has 110 valence electrons. The Balaban J connectivity index is 1.77. The van der Waals surface area contributed by atoms with Gasteiger partial charge in [0.05, 0.1) is 0 Å². The third-order valence-corrected chi connectivity index (χ3v) is 3.60. The summed E-state index contributed by atoms with van der Waals surface area (Å²) in [5.74, 6) is 5.09. The van der Waals surface area contributed by atoms with Crippen molar-refractivity contribution >= 4 is 11.8 Å². The zero-order valence-electron chi connectivity index (χ0n) is 12.3. The Morgan fingerprint density at radius 2 is 2.14 bits per heavy atom. The molecule has 1 aromatic rings. The summed E-state index contributed by atoms with van der Waals surface area (Å²) in [6, 6.07) is 10.1. The Hall–Kier alpha value is -2.28. The molecule has 1 saturated heterocycles. The van der Waals surface area contributed by atoms with Crippen molar-refractivity contribution in [2.45, 2.75) is 19.8 Å². The van der Waals surface area contributed by atoms with Gasteiger partial charge in [0.25, 0.3) is 5.91 Å². The second-order valence-corrected chi connectivity index (χ2v) is 5.23. The van der Waals surface area contributed by atoms with Crippen molar-refractivity contribution < 1.29 is 9.59 Å². The van der Waals surface area contributed by atoms with Crippen LogP contribution in [0.1, 0.15) is 18.9 Å². The van der Waals surface area contributed by atoms with Gasteiger partial charge in [-0.2, -0.15) is 0 Å². The van der Waals surface area contributed by atoms with Crippen LogP contribution in [-0.2, 0) is 16.0 Å². The van der Waals surface area contributed by atoms with Gasteiger partial charge in [-0.15, -0.1) is 0 Å². The van der Waals surface area contributed by atoms with E-state index in [4.69, 9.17) is 0 Å².